The summed E-state index contributed by atoms with van der Waals surface area (Å²) in [5, 5.41) is 7.31. The van der Waals surface area contributed by atoms with Gasteiger partial charge in [0.1, 0.15) is 0 Å². The van der Waals surface area contributed by atoms with Crippen LogP contribution in [-0.2, 0) is 0 Å². The Bertz CT molecular complexity index is 475. The zero-order chi connectivity index (χ0) is 10.3. The molecule has 1 heterocycles. The van der Waals surface area contributed by atoms with Gasteiger partial charge in [0.05, 0.1) is 0 Å². The van der Waals surface area contributed by atoms with Crippen LogP contribution in [0.3, 0.4) is 0 Å². The van der Waals surface area contributed by atoms with Crippen LogP contribution in [-0.4, -0.2) is 28.7 Å². The van der Waals surface area contributed by atoms with E-state index in [2.05, 4.69) is 29.8 Å². The van der Waals surface area contributed by atoms with Crippen molar-refractivity contribution in [3.8, 4) is 0 Å². The first-order chi connectivity index (χ1) is 6.48. The number of hydrogen-bond donors (Lipinski definition) is 0. The van der Waals surface area contributed by atoms with Crippen LogP contribution in [0, 0.1) is 5.82 Å². The Labute approximate surface area is 85.1 Å². The van der Waals surface area contributed by atoms with E-state index in [1.54, 1.807) is 6.07 Å². The van der Waals surface area contributed by atoms with Crippen molar-refractivity contribution in [2.75, 3.05) is 0 Å². The van der Waals surface area contributed by atoms with Crippen LogP contribution in [0.2, 0.25) is 14.8 Å². The molecule has 0 saturated carbocycles. The van der Waals surface area contributed by atoms with E-state index >= 15 is 0 Å². The first-order valence-electron chi connectivity index (χ1n) is 4.41. The number of nitrogens with zero attached hydrogens (tertiary/aromatic N) is 2. The standard InChI is InChI=1S/C6H2FN2O.3CH3.Sn/c7-4-1-2-5-6(3-4)9-10-8-5;;;;/h2-3H;3*1H3;. The molecule has 2 aromatic rings. The summed E-state index contributed by atoms with van der Waals surface area (Å²) < 4.78 is 19.0. The molecule has 0 fully saturated rings. The van der Waals surface area contributed by atoms with Crippen molar-refractivity contribution in [1.29, 1.82) is 0 Å². The molecule has 0 saturated heterocycles. The van der Waals surface area contributed by atoms with Gasteiger partial charge in [-0.3, -0.25) is 0 Å². The first kappa shape index (κ1) is 9.89. The van der Waals surface area contributed by atoms with E-state index in [9.17, 15) is 4.39 Å². The molecular formula is C9H11FN2OSn. The molecule has 0 unspecified atom stereocenters. The summed E-state index contributed by atoms with van der Waals surface area (Å²) in [4.78, 5) is 6.48. The van der Waals surface area contributed by atoms with Crippen LogP contribution < -0.4 is 3.58 Å². The van der Waals surface area contributed by atoms with E-state index < -0.39 is 18.4 Å². The summed E-state index contributed by atoms with van der Waals surface area (Å²) in [6.07, 6.45) is 0. The molecule has 2 rings (SSSR count). The van der Waals surface area contributed by atoms with E-state index in [1.165, 1.54) is 6.07 Å². The summed E-state index contributed by atoms with van der Waals surface area (Å²) in [6.45, 7) is 0. The van der Waals surface area contributed by atoms with Gasteiger partial charge in [-0.1, -0.05) is 0 Å². The molecular weight excluding hydrogens is 290 g/mol. The Hall–Kier alpha value is -0.651. The molecule has 0 amide bonds. The maximum atomic E-state index is 13.6. The molecule has 1 aromatic heterocycles. The monoisotopic (exact) mass is 302 g/mol. The summed E-state index contributed by atoms with van der Waals surface area (Å²) in [5.74, 6) is -0.170. The van der Waals surface area contributed by atoms with Gasteiger partial charge in [-0.25, -0.2) is 0 Å². The maximum absolute atomic E-state index is 13.6. The van der Waals surface area contributed by atoms with Gasteiger partial charge in [0, 0.05) is 0 Å². The SMILES string of the molecule is [CH3][Sn]([CH3])([CH3])[c]1cc2nonc2cc1F. The summed E-state index contributed by atoms with van der Waals surface area (Å²) in [5.41, 5.74) is 1.13. The van der Waals surface area contributed by atoms with Crippen LogP contribution in [0.1, 0.15) is 0 Å². The molecule has 0 spiro atoms. The average Bonchev–Trinajstić information content (AvgIpc) is 2.47. The fraction of sp³-hybridized carbons (Fsp3) is 0.333. The second kappa shape index (κ2) is 3.18. The van der Waals surface area contributed by atoms with Gasteiger partial charge in [0.2, 0.25) is 0 Å². The number of hydrogen-bond acceptors (Lipinski definition) is 3. The van der Waals surface area contributed by atoms with E-state index in [0.29, 0.717) is 11.0 Å². The molecule has 0 aliphatic rings. The van der Waals surface area contributed by atoms with Crippen molar-refractivity contribution in [3.05, 3.63) is 17.9 Å². The van der Waals surface area contributed by atoms with Gasteiger partial charge in [0.15, 0.2) is 0 Å². The molecule has 1 aromatic carbocycles. The summed E-state index contributed by atoms with van der Waals surface area (Å²) >= 11 is -2.38. The van der Waals surface area contributed by atoms with Crippen molar-refractivity contribution in [2.45, 2.75) is 14.8 Å². The second-order valence-electron chi connectivity index (χ2n) is 4.33. The molecule has 3 nitrogen and oxygen atoms in total. The van der Waals surface area contributed by atoms with Crippen molar-refractivity contribution >= 4 is 33.0 Å². The van der Waals surface area contributed by atoms with Gasteiger partial charge in [-0.2, -0.15) is 0 Å². The number of halogens is 1. The van der Waals surface area contributed by atoms with Gasteiger partial charge in [-0.15, -0.1) is 0 Å². The van der Waals surface area contributed by atoms with E-state index in [4.69, 9.17) is 0 Å². The van der Waals surface area contributed by atoms with Crippen molar-refractivity contribution in [2.24, 2.45) is 0 Å². The Balaban J connectivity index is 2.71. The molecule has 5 heteroatoms. The zero-order valence-electron chi connectivity index (χ0n) is 8.34. The number of aromatic nitrogens is 2. The first-order valence-corrected chi connectivity index (χ1v) is 14.4. The molecule has 0 aliphatic heterocycles. The molecule has 0 aliphatic carbocycles. The van der Waals surface area contributed by atoms with Crippen molar-refractivity contribution < 1.29 is 9.02 Å². The molecule has 0 atom stereocenters. The minimum atomic E-state index is -2.38. The molecule has 0 bridgehead atoms. The van der Waals surface area contributed by atoms with Crippen LogP contribution in [0.4, 0.5) is 4.39 Å². The van der Waals surface area contributed by atoms with Gasteiger partial charge in [-0.05, 0) is 0 Å². The van der Waals surface area contributed by atoms with E-state index in [1.807, 2.05) is 0 Å². The predicted octanol–water partition coefficient (Wildman–Crippen LogP) is 1.91. The third-order valence-corrected chi connectivity index (χ3v) is 7.86. The molecule has 14 heavy (non-hydrogen) atoms. The van der Waals surface area contributed by atoms with E-state index in [-0.39, 0.29) is 5.82 Å². The van der Waals surface area contributed by atoms with Crippen LogP contribution in [0.5, 0.6) is 0 Å². The van der Waals surface area contributed by atoms with Crippen LogP contribution in [0.15, 0.2) is 16.8 Å². The molecule has 74 valence electrons. The fourth-order valence-corrected chi connectivity index (χ4v) is 5.26. The van der Waals surface area contributed by atoms with Gasteiger partial charge >= 0.3 is 85.1 Å². The summed E-state index contributed by atoms with van der Waals surface area (Å²) in [6, 6.07) is 3.18. The second-order valence-corrected chi connectivity index (χ2v) is 18.7. The molecule has 0 N–H and O–H groups in total. The minimum absolute atomic E-state index is 0.170. The Morgan fingerprint density at radius 1 is 1.14 bits per heavy atom. The van der Waals surface area contributed by atoms with E-state index in [0.717, 1.165) is 3.58 Å². The van der Waals surface area contributed by atoms with Crippen LogP contribution >= 0.6 is 0 Å². The van der Waals surface area contributed by atoms with Gasteiger partial charge in [0.25, 0.3) is 0 Å². The third-order valence-electron chi connectivity index (χ3n) is 2.15. The van der Waals surface area contributed by atoms with Gasteiger partial charge < -0.3 is 0 Å². The fourth-order valence-electron chi connectivity index (χ4n) is 1.38. The number of rotatable bonds is 1. The van der Waals surface area contributed by atoms with Crippen molar-refractivity contribution in [1.82, 2.24) is 10.3 Å². The van der Waals surface area contributed by atoms with Crippen molar-refractivity contribution in [3.63, 3.8) is 0 Å². The van der Waals surface area contributed by atoms with Crippen LogP contribution in [0.25, 0.3) is 11.0 Å². The predicted molar refractivity (Wildman–Crippen MR) is 54.7 cm³/mol. The average molecular weight is 301 g/mol. The Kier molecular flexibility index (Phi) is 2.25. The third kappa shape index (κ3) is 1.62. The Morgan fingerprint density at radius 3 is 2.29 bits per heavy atom. The quantitative estimate of drug-likeness (QED) is 0.755. The normalized spacial score (nSPS) is 12.3. The zero-order valence-corrected chi connectivity index (χ0v) is 11.2. The summed E-state index contributed by atoms with van der Waals surface area (Å²) in [7, 11) is 0. The number of fused-ring (bicyclic) bond motifs is 1. The molecule has 0 radical (unpaired) electrons. The topological polar surface area (TPSA) is 38.9 Å². The Morgan fingerprint density at radius 2 is 1.71 bits per heavy atom. The number of benzene rings is 1.